The van der Waals surface area contributed by atoms with Crippen LogP contribution in [-0.2, 0) is 15.9 Å². The summed E-state index contributed by atoms with van der Waals surface area (Å²) in [4.78, 5) is 9.87. The van der Waals surface area contributed by atoms with Crippen molar-refractivity contribution < 1.29 is 35.4 Å². The minimum absolute atomic E-state index is 0.123. The summed E-state index contributed by atoms with van der Waals surface area (Å²) in [5.41, 5.74) is -0.0542. The van der Waals surface area contributed by atoms with Gasteiger partial charge in [-0.05, 0) is 29.8 Å². The topological polar surface area (TPSA) is 95.7 Å². The van der Waals surface area contributed by atoms with E-state index in [9.17, 15) is 31.7 Å². The van der Waals surface area contributed by atoms with E-state index in [4.69, 9.17) is 4.18 Å². The third-order valence-corrected chi connectivity index (χ3v) is 3.90. The first kappa shape index (κ1) is 18.5. The number of hydrogen-bond acceptors (Lipinski definition) is 6. The number of rotatable bonds is 6. The monoisotopic (exact) mass is 377 g/mol. The molecule has 0 aliphatic carbocycles. The Morgan fingerprint density at radius 2 is 1.48 bits per heavy atom. The fourth-order valence-corrected chi connectivity index (χ4v) is 2.85. The molecule has 11 heteroatoms. The highest BCUT2D eigenvalue weighted by Crippen LogP contribution is 2.24. The van der Waals surface area contributed by atoms with Gasteiger partial charge in [0.1, 0.15) is 17.3 Å². The Labute approximate surface area is 139 Å². The third kappa shape index (κ3) is 5.95. The number of benzene rings is 2. The van der Waals surface area contributed by atoms with Gasteiger partial charge in [-0.3, -0.25) is 10.1 Å². The smallest absolute Gasteiger partial charge is 0.406 e. The molecule has 2 rings (SSSR count). The van der Waals surface area contributed by atoms with Gasteiger partial charge in [0.2, 0.25) is 0 Å². The fraction of sp³-hybridized carbons (Fsp3) is 0.143. The predicted molar refractivity (Wildman–Crippen MR) is 79.5 cm³/mol. The number of nitro groups is 1. The lowest BCUT2D eigenvalue weighted by molar-refractivity contribution is -0.384. The highest BCUT2D eigenvalue weighted by Gasteiger charge is 2.31. The van der Waals surface area contributed by atoms with Crippen molar-refractivity contribution in [1.29, 1.82) is 0 Å². The zero-order valence-electron chi connectivity index (χ0n) is 12.3. The first-order valence-corrected chi connectivity index (χ1v) is 8.13. The molecule has 7 nitrogen and oxygen atoms in total. The van der Waals surface area contributed by atoms with Gasteiger partial charge in [0.05, 0.1) is 4.92 Å². The van der Waals surface area contributed by atoms with Crippen molar-refractivity contribution in [1.82, 2.24) is 0 Å². The zero-order chi connectivity index (χ0) is 18.7. The van der Waals surface area contributed by atoms with Crippen LogP contribution in [0.25, 0.3) is 0 Å². The second-order valence-corrected chi connectivity index (χ2v) is 6.30. The molecule has 0 bridgehead atoms. The third-order valence-electron chi connectivity index (χ3n) is 2.77. The molecular weight excluding hydrogens is 367 g/mol. The molecule has 0 amide bonds. The van der Waals surface area contributed by atoms with Crippen LogP contribution in [0.1, 0.15) is 5.56 Å². The number of non-ortho nitro benzene ring substituents is 1. The van der Waals surface area contributed by atoms with E-state index in [1.165, 1.54) is 0 Å². The van der Waals surface area contributed by atoms with Crippen molar-refractivity contribution in [3.63, 3.8) is 0 Å². The van der Waals surface area contributed by atoms with E-state index in [2.05, 4.69) is 4.74 Å². The lowest BCUT2D eigenvalue weighted by atomic mass is 10.2. The molecule has 0 spiro atoms. The van der Waals surface area contributed by atoms with Crippen molar-refractivity contribution in [2.45, 2.75) is 12.1 Å². The Bertz CT molecular complexity index is 848. The van der Waals surface area contributed by atoms with Gasteiger partial charge in [0, 0.05) is 12.1 Å². The maximum Gasteiger partial charge on any atom is 0.573 e. The number of hydrogen-bond donors (Lipinski definition) is 0. The molecule has 25 heavy (non-hydrogen) atoms. The summed E-state index contributed by atoms with van der Waals surface area (Å²) in [5.74, 6) is -1.21. The SMILES string of the molecule is O=[N+]([O-])c1ccc(OS(=O)(=O)Cc2ccc(OC(F)(F)F)cc2)cc1. The Balaban J connectivity index is 2.04. The lowest BCUT2D eigenvalue weighted by Crippen LogP contribution is -2.17. The van der Waals surface area contributed by atoms with Gasteiger partial charge in [0.15, 0.2) is 0 Å². The summed E-state index contributed by atoms with van der Waals surface area (Å²) in [6.45, 7) is 0. The molecule has 0 saturated carbocycles. The van der Waals surface area contributed by atoms with Crippen LogP contribution in [0.2, 0.25) is 0 Å². The van der Waals surface area contributed by atoms with Crippen molar-refractivity contribution >= 4 is 15.8 Å². The predicted octanol–water partition coefficient (Wildman–Crippen LogP) is 3.40. The van der Waals surface area contributed by atoms with E-state index in [-0.39, 0.29) is 17.0 Å². The Kier molecular flexibility index (Phi) is 5.16. The lowest BCUT2D eigenvalue weighted by Gasteiger charge is -2.10. The Hall–Kier alpha value is -2.82. The summed E-state index contributed by atoms with van der Waals surface area (Å²) in [5, 5.41) is 10.5. The Morgan fingerprint density at radius 3 is 1.96 bits per heavy atom. The highest BCUT2D eigenvalue weighted by molar-refractivity contribution is 7.86. The Morgan fingerprint density at radius 1 is 0.960 bits per heavy atom. The highest BCUT2D eigenvalue weighted by atomic mass is 32.2. The largest absolute Gasteiger partial charge is 0.573 e. The fourth-order valence-electron chi connectivity index (χ4n) is 1.79. The van der Waals surface area contributed by atoms with Gasteiger partial charge in [0.25, 0.3) is 5.69 Å². The summed E-state index contributed by atoms with van der Waals surface area (Å²) < 4.78 is 68.5. The van der Waals surface area contributed by atoms with Crippen LogP contribution in [-0.4, -0.2) is 19.7 Å². The molecule has 0 aliphatic rings. The molecule has 0 heterocycles. The van der Waals surface area contributed by atoms with Gasteiger partial charge in [-0.2, -0.15) is 8.42 Å². The van der Waals surface area contributed by atoms with Gasteiger partial charge >= 0.3 is 16.5 Å². The standard InChI is InChI=1S/C14H10F3NO6S/c15-14(16,17)23-12-5-1-10(2-6-12)9-25(21,22)24-13-7-3-11(4-8-13)18(19)20/h1-8H,9H2. The molecule has 0 fully saturated rings. The molecular formula is C14H10F3NO6S. The van der Waals surface area contributed by atoms with Crippen molar-refractivity contribution in [3.05, 3.63) is 64.2 Å². The molecule has 0 N–H and O–H groups in total. The molecule has 0 atom stereocenters. The molecule has 2 aromatic rings. The van der Waals surface area contributed by atoms with Gasteiger partial charge in [-0.15, -0.1) is 13.2 Å². The number of nitro benzene ring substituents is 1. The van der Waals surface area contributed by atoms with Crippen LogP contribution in [0.5, 0.6) is 11.5 Å². The summed E-state index contributed by atoms with van der Waals surface area (Å²) in [6, 6.07) is 8.65. The summed E-state index contributed by atoms with van der Waals surface area (Å²) >= 11 is 0. The molecule has 0 radical (unpaired) electrons. The molecule has 0 aliphatic heterocycles. The number of ether oxygens (including phenoxy) is 1. The minimum atomic E-state index is -4.84. The van der Waals surface area contributed by atoms with Crippen LogP contribution in [0.3, 0.4) is 0 Å². The van der Waals surface area contributed by atoms with Crippen molar-refractivity contribution in [2.75, 3.05) is 0 Å². The summed E-state index contributed by atoms with van der Waals surface area (Å²) in [6.07, 6.45) is -4.84. The molecule has 134 valence electrons. The molecule has 0 saturated heterocycles. The van der Waals surface area contributed by atoms with Crippen LogP contribution < -0.4 is 8.92 Å². The second kappa shape index (κ2) is 6.97. The van der Waals surface area contributed by atoms with Crippen molar-refractivity contribution in [3.8, 4) is 11.5 Å². The number of halogens is 3. The first-order valence-electron chi connectivity index (χ1n) is 6.55. The van der Waals surface area contributed by atoms with E-state index in [1.807, 2.05) is 0 Å². The van der Waals surface area contributed by atoms with E-state index in [1.54, 1.807) is 0 Å². The van der Waals surface area contributed by atoms with Crippen LogP contribution in [0.15, 0.2) is 48.5 Å². The van der Waals surface area contributed by atoms with Crippen LogP contribution >= 0.6 is 0 Å². The zero-order valence-corrected chi connectivity index (χ0v) is 13.1. The van der Waals surface area contributed by atoms with Crippen molar-refractivity contribution in [2.24, 2.45) is 0 Å². The van der Waals surface area contributed by atoms with Crippen LogP contribution in [0, 0.1) is 10.1 Å². The van der Waals surface area contributed by atoms with E-state index in [0.717, 1.165) is 48.5 Å². The summed E-state index contributed by atoms with van der Waals surface area (Å²) in [7, 11) is -4.10. The second-order valence-electron chi connectivity index (χ2n) is 4.73. The maximum absolute atomic E-state index is 12.1. The number of alkyl halides is 3. The van der Waals surface area contributed by atoms with Crippen LogP contribution in [0.4, 0.5) is 18.9 Å². The van der Waals surface area contributed by atoms with E-state index >= 15 is 0 Å². The minimum Gasteiger partial charge on any atom is -0.406 e. The molecule has 0 unspecified atom stereocenters. The molecule has 0 aromatic heterocycles. The van der Waals surface area contributed by atoms with Gasteiger partial charge < -0.3 is 8.92 Å². The van der Waals surface area contributed by atoms with Gasteiger partial charge in [-0.25, -0.2) is 0 Å². The van der Waals surface area contributed by atoms with Gasteiger partial charge in [-0.1, -0.05) is 12.1 Å². The normalized spacial score (nSPS) is 11.8. The average molecular weight is 377 g/mol. The molecule has 2 aromatic carbocycles. The average Bonchev–Trinajstić information content (AvgIpc) is 2.47. The van der Waals surface area contributed by atoms with E-state index < -0.39 is 32.9 Å². The quantitative estimate of drug-likeness (QED) is 0.435. The first-order chi connectivity index (χ1) is 11.5. The maximum atomic E-state index is 12.1. The number of nitrogens with zero attached hydrogens (tertiary/aromatic N) is 1. The van der Waals surface area contributed by atoms with E-state index in [0.29, 0.717) is 0 Å².